The van der Waals surface area contributed by atoms with E-state index in [2.05, 4.69) is 15.5 Å². The summed E-state index contributed by atoms with van der Waals surface area (Å²) in [5.74, 6) is 0.273. The van der Waals surface area contributed by atoms with Gasteiger partial charge in [0.05, 0.1) is 17.9 Å². The predicted octanol–water partition coefficient (Wildman–Crippen LogP) is 2.93. The van der Waals surface area contributed by atoms with Gasteiger partial charge in [0, 0.05) is 12.6 Å². The second-order valence-electron chi connectivity index (χ2n) is 6.41. The number of halogens is 1. The van der Waals surface area contributed by atoms with E-state index in [4.69, 9.17) is 16.3 Å². The Labute approximate surface area is 167 Å². The summed E-state index contributed by atoms with van der Waals surface area (Å²) in [6.07, 6.45) is 0.518. The van der Waals surface area contributed by atoms with Crippen LogP contribution < -0.4 is 5.32 Å². The zero-order valence-electron chi connectivity index (χ0n) is 15.7. The lowest BCUT2D eigenvalue weighted by Gasteiger charge is -2.18. The summed E-state index contributed by atoms with van der Waals surface area (Å²) in [7, 11) is 3.13. The molecule has 1 aromatic heterocycles. The molecule has 7 nitrogen and oxygen atoms in total. The Morgan fingerprint density at radius 2 is 2.00 bits per heavy atom. The standard InChI is InChI=1S/C18H23ClN4O3S/c1-11(2)9-14(17(25)26-4)20-15(24)10-27-18-22-21-16(23(18)3)12-7-5-6-8-13(12)19/h5-8,11,14H,9-10H2,1-4H3,(H,20,24)/t14-/m1/s1. The number of carbonyl (C=O) groups is 2. The Morgan fingerprint density at radius 3 is 2.63 bits per heavy atom. The third-order valence-electron chi connectivity index (χ3n) is 3.81. The molecule has 0 bridgehead atoms. The predicted molar refractivity (Wildman–Crippen MR) is 106 cm³/mol. The van der Waals surface area contributed by atoms with Gasteiger partial charge in [-0.25, -0.2) is 4.79 Å². The molecule has 0 unspecified atom stereocenters. The number of esters is 1. The van der Waals surface area contributed by atoms with Crippen LogP contribution >= 0.6 is 23.4 Å². The molecule has 0 spiro atoms. The third kappa shape index (κ3) is 5.71. The highest BCUT2D eigenvalue weighted by atomic mass is 35.5. The van der Waals surface area contributed by atoms with Crippen molar-refractivity contribution in [1.82, 2.24) is 20.1 Å². The molecule has 1 amide bonds. The average Bonchev–Trinajstić information content (AvgIpc) is 2.99. The minimum atomic E-state index is -0.652. The van der Waals surface area contributed by atoms with Crippen molar-refractivity contribution in [2.24, 2.45) is 13.0 Å². The van der Waals surface area contributed by atoms with Crippen molar-refractivity contribution >= 4 is 35.2 Å². The van der Waals surface area contributed by atoms with Gasteiger partial charge in [-0.1, -0.05) is 49.3 Å². The fourth-order valence-electron chi connectivity index (χ4n) is 2.51. The Balaban J connectivity index is 2.01. The second-order valence-corrected chi connectivity index (χ2v) is 7.76. The number of carbonyl (C=O) groups excluding carboxylic acids is 2. The number of hydrogen-bond donors (Lipinski definition) is 1. The van der Waals surface area contributed by atoms with Crippen LogP contribution in [0.5, 0.6) is 0 Å². The van der Waals surface area contributed by atoms with E-state index in [0.29, 0.717) is 22.4 Å². The van der Waals surface area contributed by atoms with Crippen LogP contribution in [-0.2, 0) is 21.4 Å². The molecule has 0 aliphatic carbocycles. The molecule has 2 aromatic rings. The molecule has 0 aliphatic rings. The molecule has 0 aliphatic heterocycles. The number of nitrogens with one attached hydrogen (secondary N) is 1. The lowest BCUT2D eigenvalue weighted by molar-refractivity contribution is -0.145. The number of hydrogen-bond acceptors (Lipinski definition) is 6. The summed E-state index contributed by atoms with van der Waals surface area (Å²) in [6, 6.07) is 6.71. The van der Waals surface area contributed by atoms with E-state index in [1.807, 2.05) is 39.1 Å². The highest BCUT2D eigenvalue weighted by Crippen LogP contribution is 2.28. The summed E-state index contributed by atoms with van der Waals surface area (Å²) in [5, 5.41) is 12.2. The first-order valence-corrected chi connectivity index (χ1v) is 9.84. The monoisotopic (exact) mass is 410 g/mol. The first-order valence-electron chi connectivity index (χ1n) is 8.47. The molecular formula is C18H23ClN4O3S. The second kappa shape index (κ2) is 9.75. The quantitative estimate of drug-likeness (QED) is 0.532. The number of methoxy groups -OCH3 is 1. The van der Waals surface area contributed by atoms with Gasteiger partial charge in [-0.15, -0.1) is 10.2 Å². The SMILES string of the molecule is COC(=O)[C@@H](CC(C)C)NC(=O)CSc1nnc(-c2ccccc2Cl)n1C. The maximum Gasteiger partial charge on any atom is 0.328 e. The maximum atomic E-state index is 12.3. The van der Waals surface area contributed by atoms with Gasteiger partial charge >= 0.3 is 5.97 Å². The van der Waals surface area contributed by atoms with Gasteiger partial charge in [-0.3, -0.25) is 4.79 Å². The Hall–Kier alpha value is -2.06. The molecule has 0 fully saturated rings. The molecule has 0 saturated carbocycles. The van der Waals surface area contributed by atoms with Crippen molar-refractivity contribution < 1.29 is 14.3 Å². The van der Waals surface area contributed by atoms with Crippen LogP contribution in [0.4, 0.5) is 0 Å². The van der Waals surface area contributed by atoms with Gasteiger partial charge in [-0.2, -0.15) is 0 Å². The zero-order chi connectivity index (χ0) is 20.0. The molecule has 146 valence electrons. The number of ether oxygens (including phenoxy) is 1. The van der Waals surface area contributed by atoms with E-state index in [1.165, 1.54) is 18.9 Å². The van der Waals surface area contributed by atoms with Crippen LogP contribution in [0.25, 0.3) is 11.4 Å². The number of benzene rings is 1. The lowest BCUT2D eigenvalue weighted by atomic mass is 10.0. The fraction of sp³-hybridized carbons (Fsp3) is 0.444. The zero-order valence-corrected chi connectivity index (χ0v) is 17.3. The third-order valence-corrected chi connectivity index (χ3v) is 5.16. The fourth-order valence-corrected chi connectivity index (χ4v) is 3.45. The van der Waals surface area contributed by atoms with E-state index in [-0.39, 0.29) is 17.6 Å². The Morgan fingerprint density at radius 1 is 1.30 bits per heavy atom. The first kappa shape index (κ1) is 21.2. The van der Waals surface area contributed by atoms with Gasteiger partial charge in [0.2, 0.25) is 5.91 Å². The van der Waals surface area contributed by atoms with Crippen LogP contribution in [0.2, 0.25) is 5.02 Å². The first-order chi connectivity index (χ1) is 12.8. The molecular weight excluding hydrogens is 388 g/mol. The largest absolute Gasteiger partial charge is 0.467 e. The van der Waals surface area contributed by atoms with Gasteiger partial charge < -0.3 is 14.6 Å². The van der Waals surface area contributed by atoms with Gasteiger partial charge in [0.25, 0.3) is 0 Å². The van der Waals surface area contributed by atoms with Crippen LogP contribution in [0, 0.1) is 5.92 Å². The Kier molecular flexibility index (Phi) is 7.67. The Bertz CT molecular complexity index is 810. The normalized spacial score (nSPS) is 12.1. The lowest BCUT2D eigenvalue weighted by Crippen LogP contribution is -2.43. The number of nitrogens with zero attached hydrogens (tertiary/aromatic N) is 3. The summed E-state index contributed by atoms with van der Waals surface area (Å²) in [4.78, 5) is 24.1. The molecule has 1 aromatic carbocycles. The molecule has 0 saturated heterocycles. The topological polar surface area (TPSA) is 86.1 Å². The van der Waals surface area contributed by atoms with E-state index in [9.17, 15) is 9.59 Å². The molecule has 9 heteroatoms. The van der Waals surface area contributed by atoms with Crippen LogP contribution in [0.3, 0.4) is 0 Å². The van der Waals surface area contributed by atoms with Crippen molar-refractivity contribution in [2.75, 3.05) is 12.9 Å². The summed E-state index contributed by atoms with van der Waals surface area (Å²) in [6.45, 7) is 3.96. The smallest absolute Gasteiger partial charge is 0.328 e. The van der Waals surface area contributed by atoms with Crippen molar-refractivity contribution in [1.29, 1.82) is 0 Å². The van der Waals surface area contributed by atoms with E-state index in [1.54, 1.807) is 10.6 Å². The summed E-state index contributed by atoms with van der Waals surface area (Å²) >= 11 is 7.45. The minimum Gasteiger partial charge on any atom is -0.467 e. The van der Waals surface area contributed by atoms with Gasteiger partial charge in [0.1, 0.15) is 6.04 Å². The minimum absolute atomic E-state index is 0.111. The van der Waals surface area contributed by atoms with Crippen LogP contribution in [0.1, 0.15) is 20.3 Å². The summed E-state index contributed by atoms with van der Waals surface area (Å²) < 4.78 is 6.54. The van der Waals surface area contributed by atoms with Crippen molar-refractivity contribution in [3.8, 4) is 11.4 Å². The molecule has 27 heavy (non-hydrogen) atoms. The molecule has 1 N–H and O–H groups in total. The molecule has 1 atom stereocenters. The number of rotatable bonds is 8. The number of aromatic nitrogens is 3. The number of thioether (sulfide) groups is 1. The molecule has 2 rings (SSSR count). The molecule has 1 heterocycles. The van der Waals surface area contributed by atoms with Crippen LogP contribution in [0.15, 0.2) is 29.4 Å². The van der Waals surface area contributed by atoms with E-state index in [0.717, 1.165) is 5.56 Å². The van der Waals surface area contributed by atoms with Gasteiger partial charge in [-0.05, 0) is 24.5 Å². The highest BCUT2D eigenvalue weighted by molar-refractivity contribution is 7.99. The van der Waals surface area contributed by atoms with Crippen molar-refractivity contribution in [2.45, 2.75) is 31.5 Å². The average molecular weight is 411 g/mol. The number of amides is 1. The van der Waals surface area contributed by atoms with Crippen molar-refractivity contribution in [3.63, 3.8) is 0 Å². The van der Waals surface area contributed by atoms with E-state index >= 15 is 0 Å². The molecule has 0 radical (unpaired) electrons. The van der Waals surface area contributed by atoms with Gasteiger partial charge in [0.15, 0.2) is 11.0 Å². The maximum absolute atomic E-state index is 12.3. The van der Waals surface area contributed by atoms with E-state index < -0.39 is 12.0 Å². The van der Waals surface area contributed by atoms with Crippen molar-refractivity contribution in [3.05, 3.63) is 29.3 Å². The summed E-state index contributed by atoms with van der Waals surface area (Å²) in [5.41, 5.74) is 0.771. The van der Waals surface area contributed by atoms with Crippen LogP contribution in [-0.4, -0.2) is 45.5 Å². The highest BCUT2D eigenvalue weighted by Gasteiger charge is 2.23.